The minimum atomic E-state index is -3.95. The summed E-state index contributed by atoms with van der Waals surface area (Å²) < 4.78 is 48.5. The number of hydrogen-bond donors (Lipinski definition) is 1. The van der Waals surface area contributed by atoms with Crippen LogP contribution in [0.5, 0.6) is 5.75 Å². The van der Waals surface area contributed by atoms with Crippen molar-refractivity contribution >= 4 is 33.2 Å². The molecule has 6 atom stereocenters. The monoisotopic (exact) mass is 766 g/mol. The van der Waals surface area contributed by atoms with Crippen molar-refractivity contribution in [3.8, 4) is 5.75 Å². The maximum absolute atomic E-state index is 13.7. The fourth-order valence-corrected chi connectivity index (χ4v) is 11.4. The predicted octanol–water partition coefficient (Wildman–Crippen LogP) is 5.29. The predicted molar refractivity (Wildman–Crippen MR) is 208 cm³/mol. The van der Waals surface area contributed by atoms with Gasteiger partial charge in [0.1, 0.15) is 11.4 Å². The molecule has 6 aliphatic rings. The number of ether oxygens (including phenoxy) is 3. The highest BCUT2D eigenvalue weighted by atomic mass is 35.5. The van der Waals surface area contributed by atoms with Crippen LogP contribution in [-0.2, 0) is 31.3 Å². The number of fused-ring (bicyclic) bond motifs is 4. The van der Waals surface area contributed by atoms with Crippen molar-refractivity contribution in [2.45, 2.75) is 74.7 Å². The summed E-state index contributed by atoms with van der Waals surface area (Å²) in [5, 5.41) is -0.0287. The molecule has 1 spiro atoms. The number of aryl methyl sites for hydroxylation is 1. The highest BCUT2D eigenvalue weighted by Crippen LogP contribution is 2.49. The van der Waals surface area contributed by atoms with Gasteiger partial charge in [-0.15, -0.1) is 0 Å². The topological polar surface area (TPSA) is 101 Å². The maximum atomic E-state index is 13.7. The Balaban J connectivity index is 1.17. The van der Waals surface area contributed by atoms with E-state index in [9.17, 15) is 13.2 Å². The Bertz CT molecular complexity index is 1830. The summed E-state index contributed by atoms with van der Waals surface area (Å²) in [7, 11) is -2.10. The molecule has 12 heteroatoms. The molecule has 8 rings (SSSR count). The minimum Gasteiger partial charge on any atom is -0.490 e. The van der Waals surface area contributed by atoms with Crippen LogP contribution in [-0.4, -0.2) is 114 Å². The van der Waals surface area contributed by atoms with Gasteiger partial charge in [0.15, 0.2) is 0 Å². The molecule has 0 unspecified atom stereocenters. The molecule has 2 aromatic rings. The molecule has 2 saturated heterocycles. The van der Waals surface area contributed by atoms with Crippen LogP contribution in [0.3, 0.4) is 0 Å². The summed E-state index contributed by atoms with van der Waals surface area (Å²) in [6.07, 6.45) is 10.1. The van der Waals surface area contributed by atoms with Crippen LogP contribution in [0.25, 0.3) is 0 Å². The number of sulfonamides is 1. The number of rotatable bonds is 4. The molecule has 0 aromatic heterocycles. The first-order valence-corrected chi connectivity index (χ1v) is 21.6. The van der Waals surface area contributed by atoms with Crippen molar-refractivity contribution < 1.29 is 27.4 Å². The maximum Gasteiger partial charge on any atom is 0.264 e. The molecule has 1 amide bonds. The summed E-state index contributed by atoms with van der Waals surface area (Å²) >= 11 is 6.51. The van der Waals surface area contributed by atoms with Crippen molar-refractivity contribution in [1.82, 2.24) is 14.5 Å². The van der Waals surface area contributed by atoms with E-state index in [-0.39, 0.29) is 17.3 Å². The largest absolute Gasteiger partial charge is 0.490 e. The van der Waals surface area contributed by atoms with E-state index in [0.29, 0.717) is 36.3 Å². The lowest BCUT2D eigenvalue weighted by molar-refractivity contribution is -0.107. The van der Waals surface area contributed by atoms with Crippen LogP contribution in [0, 0.1) is 17.8 Å². The van der Waals surface area contributed by atoms with Gasteiger partial charge in [-0.2, -0.15) is 0 Å². The van der Waals surface area contributed by atoms with Crippen LogP contribution in [0.2, 0.25) is 5.02 Å². The molecule has 1 N–H and O–H groups in total. The SMILES string of the molecule is CO[C@]1(CN2CCN(C3COC3)CC2)/C=C/C[C@H](C)[C@@H](C)S(=O)(=O)NC(=O)c2ccc3c(c2)N(C[C@@H]2CC[C@H]21)C[C@@]1(CCCc2cc(Cl)ccc21)CO3. The number of benzene rings is 2. The van der Waals surface area contributed by atoms with Crippen molar-refractivity contribution in [2.24, 2.45) is 17.8 Å². The van der Waals surface area contributed by atoms with Gasteiger partial charge in [0.2, 0.25) is 10.0 Å². The van der Waals surface area contributed by atoms with E-state index in [1.165, 1.54) is 11.1 Å². The third-order valence-corrected chi connectivity index (χ3v) is 15.8. The lowest BCUT2D eigenvalue weighted by atomic mass is 9.63. The number of carbonyl (C=O) groups excluding carboxylic acids is 1. The molecular weight excluding hydrogens is 712 g/mol. The number of anilines is 1. The molecule has 0 radical (unpaired) electrons. The highest BCUT2D eigenvalue weighted by molar-refractivity contribution is 7.90. The van der Waals surface area contributed by atoms with E-state index in [2.05, 4.69) is 43.7 Å². The molecular formula is C41H55ClN4O6S. The van der Waals surface area contributed by atoms with Gasteiger partial charge in [0.05, 0.1) is 36.8 Å². The summed E-state index contributed by atoms with van der Waals surface area (Å²) in [6, 6.07) is 12.2. The molecule has 3 fully saturated rings. The standard InChI is InChI=1S/C41H55ClN4O6S/c1-28-6-4-15-41(50-3,26-44-16-18-45(19-17-44)34-23-51-24-34)36-11-8-32(36)22-46-25-40(14-5-7-30-20-33(42)10-12-35(30)40)27-52-38-13-9-31(21-37(38)46)39(47)43-53(48,49)29(28)2/h4,9-10,12-13,15,20-21,28-29,32,34,36H,5-8,11,14,16-19,22-27H2,1-3H3,(H,43,47)/b15-4+/t28-,29+,32-,36+,40-,41-/m0/s1. The first kappa shape index (κ1) is 37.3. The Labute approximate surface area is 320 Å². The van der Waals surface area contributed by atoms with Gasteiger partial charge < -0.3 is 19.1 Å². The van der Waals surface area contributed by atoms with Gasteiger partial charge >= 0.3 is 0 Å². The van der Waals surface area contributed by atoms with E-state index >= 15 is 0 Å². The number of halogens is 1. The average Bonchev–Trinajstić information content (AvgIpc) is 3.25. The average molecular weight is 767 g/mol. The lowest BCUT2D eigenvalue weighted by Crippen LogP contribution is -2.61. The molecule has 1 saturated carbocycles. The summed E-state index contributed by atoms with van der Waals surface area (Å²) in [6.45, 7) is 12.1. The normalized spacial score (nSPS) is 34.4. The van der Waals surface area contributed by atoms with Crippen LogP contribution in [0.15, 0.2) is 48.6 Å². The summed E-state index contributed by atoms with van der Waals surface area (Å²) in [4.78, 5) is 21.2. The van der Waals surface area contributed by atoms with E-state index in [4.69, 9.17) is 25.8 Å². The van der Waals surface area contributed by atoms with Crippen LogP contribution < -0.4 is 14.4 Å². The zero-order valence-corrected chi connectivity index (χ0v) is 33.0. The van der Waals surface area contributed by atoms with Crippen molar-refractivity contribution in [3.63, 3.8) is 0 Å². The number of allylic oxidation sites excluding steroid dienone is 1. The van der Waals surface area contributed by atoms with Crippen molar-refractivity contribution in [2.75, 3.05) is 77.6 Å². The van der Waals surface area contributed by atoms with Gasteiger partial charge in [-0.25, -0.2) is 13.1 Å². The highest BCUT2D eigenvalue weighted by Gasteiger charge is 2.50. The van der Waals surface area contributed by atoms with Crippen LogP contribution in [0.1, 0.15) is 67.4 Å². The van der Waals surface area contributed by atoms with Crippen LogP contribution in [0.4, 0.5) is 5.69 Å². The second-order valence-corrected chi connectivity index (χ2v) is 19.2. The van der Waals surface area contributed by atoms with Gasteiger partial charge in [0, 0.05) is 68.9 Å². The Morgan fingerprint density at radius 2 is 1.87 bits per heavy atom. The molecule has 10 nitrogen and oxygen atoms in total. The number of piperazine rings is 1. The number of nitrogens with zero attached hydrogens (tertiary/aromatic N) is 3. The van der Waals surface area contributed by atoms with Gasteiger partial charge in [-0.05, 0) is 105 Å². The summed E-state index contributed by atoms with van der Waals surface area (Å²) in [5.41, 5.74) is 2.91. The third-order valence-electron chi connectivity index (χ3n) is 13.6. The molecule has 2 aliphatic carbocycles. The molecule has 53 heavy (non-hydrogen) atoms. The second kappa shape index (κ2) is 14.8. The first-order chi connectivity index (χ1) is 25.5. The Hall–Kier alpha value is -2.67. The molecule has 4 heterocycles. The Kier molecular flexibility index (Phi) is 10.4. The number of hydrogen-bond acceptors (Lipinski definition) is 9. The fourth-order valence-electron chi connectivity index (χ4n) is 9.88. The number of amides is 1. The van der Waals surface area contributed by atoms with Gasteiger partial charge in [-0.3, -0.25) is 14.6 Å². The molecule has 2 aromatic carbocycles. The van der Waals surface area contributed by atoms with E-state index in [1.807, 2.05) is 32.2 Å². The molecule has 4 aliphatic heterocycles. The van der Waals surface area contributed by atoms with Crippen molar-refractivity contribution in [1.29, 1.82) is 0 Å². The van der Waals surface area contributed by atoms with Gasteiger partial charge in [-0.1, -0.05) is 36.7 Å². The number of methoxy groups -OCH3 is 1. The lowest BCUT2D eigenvalue weighted by Gasteiger charge is -2.52. The van der Waals surface area contributed by atoms with E-state index in [0.717, 1.165) is 102 Å². The van der Waals surface area contributed by atoms with Gasteiger partial charge in [0.25, 0.3) is 5.91 Å². The fraction of sp³-hybridized carbons (Fsp3) is 0.634. The second-order valence-electron chi connectivity index (χ2n) is 16.7. The molecule has 288 valence electrons. The third kappa shape index (κ3) is 7.15. The van der Waals surface area contributed by atoms with Crippen LogP contribution >= 0.6 is 11.6 Å². The zero-order chi connectivity index (χ0) is 37.0. The van der Waals surface area contributed by atoms with Crippen molar-refractivity contribution in [3.05, 3.63) is 70.3 Å². The Morgan fingerprint density at radius 1 is 1.06 bits per heavy atom. The number of nitrogens with one attached hydrogen (secondary N) is 1. The quantitative estimate of drug-likeness (QED) is 0.417. The minimum absolute atomic E-state index is 0.218. The Morgan fingerprint density at radius 3 is 2.58 bits per heavy atom. The zero-order valence-electron chi connectivity index (χ0n) is 31.4. The van der Waals surface area contributed by atoms with E-state index < -0.39 is 26.8 Å². The number of carbonyl (C=O) groups is 1. The summed E-state index contributed by atoms with van der Waals surface area (Å²) in [5.74, 6) is 0.486. The molecule has 2 bridgehead atoms. The first-order valence-electron chi connectivity index (χ1n) is 19.6. The smallest absolute Gasteiger partial charge is 0.264 e. The van der Waals surface area contributed by atoms with E-state index in [1.54, 1.807) is 13.0 Å².